The highest BCUT2D eigenvalue weighted by molar-refractivity contribution is 8.26. The van der Waals surface area contributed by atoms with Crippen molar-refractivity contribution in [2.75, 3.05) is 0 Å². The van der Waals surface area contributed by atoms with Crippen LogP contribution in [0.3, 0.4) is 0 Å². The van der Waals surface area contributed by atoms with Gasteiger partial charge in [0.25, 0.3) is 11.6 Å². The van der Waals surface area contributed by atoms with E-state index in [1.165, 1.54) is 17.8 Å². The van der Waals surface area contributed by atoms with Crippen LogP contribution in [0.15, 0.2) is 57.2 Å². The van der Waals surface area contributed by atoms with Crippen LogP contribution in [0.4, 0.5) is 5.69 Å². The van der Waals surface area contributed by atoms with Crippen LogP contribution >= 0.6 is 35.7 Å². The molecule has 3 rings (SSSR count). The summed E-state index contributed by atoms with van der Waals surface area (Å²) in [5.41, 5.74) is 1.68. The first-order chi connectivity index (χ1) is 11.9. The molecule has 1 amide bonds. The van der Waals surface area contributed by atoms with Crippen molar-refractivity contribution in [3.8, 4) is 0 Å². The molecule has 0 bridgehead atoms. The van der Waals surface area contributed by atoms with Gasteiger partial charge in [0.1, 0.15) is 4.32 Å². The highest BCUT2D eigenvalue weighted by Gasteiger charge is 2.23. The number of nitro groups is 1. The van der Waals surface area contributed by atoms with Gasteiger partial charge in [0.15, 0.2) is 0 Å². The lowest BCUT2D eigenvalue weighted by Gasteiger charge is -2.05. The van der Waals surface area contributed by atoms with Crippen molar-refractivity contribution in [1.82, 2.24) is 5.32 Å². The summed E-state index contributed by atoms with van der Waals surface area (Å²) < 4.78 is 0.386. The number of thiocarbonyl (C=S) groups is 1. The molecule has 0 unspecified atom stereocenters. The van der Waals surface area contributed by atoms with Gasteiger partial charge in [-0.05, 0) is 36.8 Å². The highest BCUT2D eigenvalue weighted by Crippen LogP contribution is 2.36. The molecule has 2 aromatic rings. The zero-order valence-corrected chi connectivity index (χ0v) is 15.5. The molecule has 5 nitrogen and oxygen atoms in total. The van der Waals surface area contributed by atoms with Crippen LogP contribution in [0, 0.1) is 17.0 Å². The normalized spacial score (nSPS) is 15.5. The zero-order valence-electron chi connectivity index (χ0n) is 13.0. The Bertz CT molecular complexity index is 925. The number of thioether (sulfide) groups is 1. The largest absolute Gasteiger partial charge is 0.307 e. The molecular formula is C17H12N2O3S3. The van der Waals surface area contributed by atoms with Crippen molar-refractivity contribution in [2.24, 2.45) is 0 Å². The van der Waals surface area contributed by atoms with Gasteiger partial charge in [0.2, 0.25) is 0 Å². The van der Waals surface area contributed by atoms with Crippen molar-refractivity contribution >= 4 is 57.7 Å². The van der Waals surface area contributed by atoms with E-state index in [2.05, 4.69) is 5.32 Å². The van der Waals surface area contributed by atoms with Gasteiger partial charge in [-0.2, -0.15) is 0 Å². The number of nitrogens with one attached hydrogen (secondary N) is 1. The average Bonchev–Trinajstić information content (AvgIpc) is 2.86. The number of carbonyl (C=O) groups excluding carboxylic acids is 1. The standard InChI is InChI=1S/C17H12N2O3S3/c1-10-3-2-4-12(7-10)24-14-6-5-11(8-13(14)19(21)22)9-15-16(20)18-17(23)25-15/h2-9H,1H3,(H,18,20,23)/b15-9-. The highest BCUT2D eigenvalue weighted by atomic mass is 32.2. The topological polar surface area (TPSA) is 72.2 Å². The van der Waals surface area contributed by atoms with Crippen LogP contribution in [0.25, 0.3) is 6.08 Å². The molecule has 0 atom stereocenters. The van der Waals surface area contributed by atoms with Gasteiger partial charge in [0.05, 0.1) is 14.7 Å². The number of carbonyl (C=O) groups is 1. The monoisotopic (exact) mass is 388 g/mol. The van der Waals surface area contributed by atoms with E-state index in [0.29, 0.717) is 19.7 Å². The summed E-state index contributed by atoms with van der Waals surface area (Å²) in [6.45, 7) is 1.97. The van der Waals surface area contributed by atoms with Gasteiger partial charge >= 0.3 is 0 Å². The zero-order chi connectivity index (χ0) is 18.0. The first-order valence-electron chi connectivity index (χ1n) is 7.20. The number of amides is 1. The Kier molecular flexibility index (Phi) is 5.22. The summed E-state index contributed by atoms with van der Waals surface area (Å²) in [5.74, 6) is -0.282. The second-order valence-electron chi connectivity index (χ2n) is 5.26. The second kappa shape index (κ2) is 7.38. The SMILES string of the molecule is Cc1cccc(Sc2ccc(/C=C3\SC(=S)NC3=O)cc2[N+](=O)[O-])c1. The molecule has 1 aliphatic rings. The number of hydrogen-bond donors (Lipinski definition) is 1. The van der Waals surface area contributed by atoms with Gasteiger partial charge < -0.3 is 5.32 Å². The molecule has 0 aromatic heterocycles. The van der Waals surface area contributed by atoms with Gasteiger partial charge in [-0.15, -0.1) is 0 Å². The summed E-state index contributed by atoms with van der Waals surface area (Å²) in [6.07, 6.45) is 1.60. The summed E-state index contributed by atoms with van der Waals surface area (Å²) in [5, 5.41) is 14.0. The van der Waals surface area contributed by atoms with Gasteiger partial charge in [-0.25, -0.2) is 0 Å². The number of aryl methyl sites for hydroxylation is 1. The third-order valence-corrected chi connectivity index (χ3v) is 5.55. The first kappa shape index (κ1) is 17.7. The molecule has 126 valence electrons. The summed E-state index contributed by atoms with van der Waals surface area (Å²) in [4.78, 5) is 24.7. The molecule has 0 spiro atoms. The second-order valence-corrected chi connectivity index (χ2v) is 8.09. The molecular weight excluding hydrogens is 376 g/mol. The predicted molar refractivity (Wildman–Crippen MR) is 105 cm³/mol. The van der Waals surface area contributed by atoms with E-state index >= 15 is 0 Å². The number of rotatable bonds is 4. The third kappa shape index (κ3) is 4.28. The summed E-state index contributed by atoms with van der Waals surface area (Å²) >= 11 is 7.43. The summed E-state index contributed by atoms with van der Waals surface area (Å²) in [6, 6.07) is 12.7. The van der Waals surface area contributed by atoms with Crippen LogP contribution in [0.5, 0.6) is 0 Å². The average molecular weight is 388 g/mol. The molecule has 1 aliphatic heterocycles. The molecule has 1 heterocycles. The maximum Gasteiger partial charge on any atom is 0.283 e. The van der Waals surface area contributed by atoms with E-state index in [4.69, 9.17) is 12.2 Å². The van der Waals surface area contributed by atoms with Crippen LogP contribution in [0.2, 0.25) is 0 Å². The van der Waals surface area contributed by atoms with Crippen LogP contribution in [0.1, 0.15) is 11.1 Å². The van der Waals surface area contributed by atoms with E-state index in [9.17, 15) is 14.9 Å². The number of hydrogen-bond acceptors (Lipinski definition) is 6. The molecule has 0 radical (unpaired) electrons. The number of nitrogens with zero attached hydrogens (tertiary/aromatic N) is 1. The maximum atomic E-state index is 11.7. The van der Waals surface area contributed by atoms with Gasteiger partial charge in [-0.3, -0.25) is 14.9 Å². The Balaban J connectivity index is 1.93. The maximum absolute atomic E-state index is 11.7. The Hall–Kier alpha value is -2.16. The Labute approximate surface area is 158 Å². The van der Waals surface area contributed by atoms with Crippen molar-refractivity contribution < 1.29 is 9.72 Å². The molecule has 1 N–H and O–H groups in total. The number of nitro benzene ring substituents is 1. The Morgan fingerprint density at radius 3 is 2.72 bits per heavy atom. The summed E-state index contributed by atoms with van der Waals surface area (Å²) in [7, 11) is 0. The lowest BCUT2D eigenvalue weighted by Crippen LogP contribution is -2.17. The van der Waals surface area contributed by atoms with Crippen molar-refractivity contribution in [1.29, 1.82) is 0 Å². The molecule has 2 aromatic carbocycles. The lowest BCUT2D eigenvalue weighted by molar-refractivity contribution is -0.387. The third-order valence-electron chi connectivity index (χ3n) is 3.34. The molecule has 1 fully saturated rings. The molecule has 25 heavy (non-hydrogen) atoms. The quantitative estimate of drug-likeness (QED) is 0.359. The van der Waals surface area contributed by atoms with Crippen molar-refractivity contribution in [3.63, 3.8) is 0 Å². The van der Waals surface area contributed by atoms with Crippen molar-refractivity contribution in [2.45, 2.75) is 16.7 Å². The minimum atomic E-state index is -0.410. The van der Waals surface area contributed by atoms with Crippen LogP contribution in [-0.4, -0.2) is 15.2 Å². The minimum Gasteiger partial charge on any atom is -0.307 e. The molecule has 0 saturated carbocycles. The minimum absolute atomic E-state index is 0.00633. The van der Waals surface area contributed by atoms with Gasteiger partial charge in [0, 0.05) is 11.0 Å². The fourth-order valence-electron chi connectivity index (χ4n) is 2.23. The lowest BCUT2D eigenvalue weighted by atomic mass is 10.2. The number of benzene rings is 2. The fraction of sp³-hybridized carbons (Fsp3) is 0.0588. The molecule has 0 aliphatic carbocycles. The molecule has 8 heteroatoms. The fourth-order valence-corrected chi connectivity index (χ4v) is 4.30. The van der Waals surface area contributed by atoms with Gasteiger partial charge in [-0.1, -0.05) is 59.5 Å². The first-order valence-corrected chi connectivity index (χ1v) is 9.24. The van der Waals surface area contributed by atoms with E-state index in [-0.39, 0.29) is 11.6 Å². The van der Waals surface area contributed by atoms with Crippen LogP contribution in [-0.2, 0) is 4.79 Å². The van der Waals surface area contributed by atoms with E-state index in [0.717, 1.165) is 22.2 Å². The Morgan fingerprint density at radius 1 is 1.28 bits per heavy atom. The smallest absolute Gasteiger partial charge is 0.283 e. The van der Waals surface area contributed by atoms with Crippen molar-refractivity contribution in [3.05, 3.63) is 68.6 Å². The van der Waals surface area contributed by atoms with E-state index in [1.807, 2.05) is 31.2 Å². The van der Waals surface area contributed by atoms with E-state index in [1.54, 1.807) is 18.2 Å². The predicted octanol–water partition coefficient (Wildman–Crippen LogP) is 4.54. The van der Waals surface area contributed by atoms with E-state index < -0.39 is 4.92 Å². The Morgan fingerprint density at radius 2 is 2.08 bits per heavy atom. The van der Waals surface area contributed by atoms with Crippen LogP contribution < -0.4 is 5.32 Å². The molecule has 1 saturated heterocycles.